The SMILES string of the molecule is CSc1nc(C(=O)N/N=C/c2ccccc2O)cc(=O)[nH]1. The van der Waals surface area contributed by atoms with Gasteiger partial charge in [-0.25, -0.2) is 10.4 Å². The first-order valence-electron chi connectivity index (χ1n) is 5.87. The van der Waals surface area contributed by atoms with Crippen molar-refractivity contribution in [3.05, 3.63) is 51.9 Å². The fourth-order valence-electron chi connectivity index (χ4n) is 1.46. The number of phenols is 1. The number of para-hydroxylation sites is 1. The van der Waals surface area contributed by atoms with Crippen LogP contribution >= 0.6 is 11.8 Å². The number of amides is 1. The highest BCUT2D eigenvalue weighted by Crippen LogP contribution is 2.12. The quantitative estimate of drug-likeness (QED) is 0.337. The normalized spacial score (nSPS) is 10.7. The zero-order chi connectivity index (χ0) is 15.2. The third-order valence-electron chi connectivity index (χ3n) is 2.45. The number of carbonyl (C=O) groups is 1. The van der Waals surface area contributed by atoms with Gasteiger partial charge < -0.3 is 10.1 Å². The van der Waals surface area contributed by atoms with Crippen LogP contribution in [0.1, 0.15) is 16.1 Å². The molecule has 0 fully saturated rings. The second kappa shape index (κ2) is 6.71. The first kappa shape index (κ1) is 14.8. The van der Waals surface area contributed by atoms with Crippen LogP contribution in [0.15, 0.2) is 45.4 Å². The molecule has 0 aliphatic heterocycles. The molecule has 1 heterocycles. The molecular weight excluding hydrogens is 292 g/mol. The lowest BCUT2D eigenvalue weighted by molar-refractivity contribution is 0.0949. The van der Waals surface area contributed by atoms with E-state index in [-0.39, 0.29) is 11.4 Å². The molecule has 21 heavy (non-hydrogen) atoms. The van der Waals surface area contributed by atoms with Gasteiger partial charge >= 0.3 is 0 Å². The number of H-pyrrole nitrogens is 1. The van der Waals surface area contributed by atoms with E-state index in [1.54, 1.807) is 24.5 Å². The summed E-state index contributed by atoms with van der Waals surface area (Å²) in [6, 6.07) is 7.64. The number of aromatic hydroxyl groups is 1. The van der Waals surface area contributed by atoms with Crippen molar-refractivity contribution in [2.24, 2.45) is 5.10 Å². The first-order valence-corrected chi connectivity index (χ1v) is 7.09. The van der Waals surface area contributed by atoms with E-state index in [2.05, 4.69) is 20.5 Å². The van der Waals surface area contributed by atoms with Crippen molar-refractivity contribution in [3.63, 3.8) is 0 Å². The van der Waals surface area contributed by atoms with Crippen molar-refractivity contribution in [1.82, 2.24) is 15.4 Å². The molecule has 1 aromatic carbocycles. The fraction of sp³-hybridized carbons (Fsp3) is 0.0769. The molecule has 0 saturated heterocycles. The van der Waals surface area contributed by atoms with Gasteiger partial charge in [-0.1, -0.05) is 23.9 Å². The number of aromatic nitrogens is 2. The molecule has 2 aromatic rings. The van der Waals surface area contributed by atoms with Crippen LogP contribution in [0.2, 0.25) is 0 Å². The lowest BCUT2D eigenvalue weighted by Gasteiger charge is -2.01. The highest BCUT2D eigenvalue weighted by molar-refractivity contribution is 7.98. The number of phenolic OH excluding ortho intramolecular Hbond substituents is 1. The number of thioether (sulfide) groups is 1. The Hall–Kier alpha value is -2.61. The monoisotopic (exact) mass is 304 g/mol. The second-order valence-electron chi connectivity index (χ2n) is 3.90. The summed E-state index contributed by atoms with van der Waals surface area (Å²) in [5, 5.41) is 13.6. The number of aromatic amines is 1. The molecule has 8 heteroatoms. The van der Waals surface area contributed by atoms with Gasteiger partial charge in [-0.15, -0.1) is 0 Å². The highest BCUT2D eigenvalue weighted by atomic mass is 32.2. The van der Waals surface area contributed by atoms with Crippen molar-refractivity contribution < 1.29 is 9.90 Å². The van der Waals surface area contributed by atoms with Gasteiger partial charge in [0.25, 0.3) is 11.5 Å². The van der Waals surface area contributed by atoms with Gasteiger partial charge in [-0.3, -0.25) is 9.59 Å². The van der Waals surface area contributed by atoms with Crippen molar-refractivity contribution in [1.29, 1.82) is 0 Å². The largest absolute Gasteiger partial charge is 0.507 e. The number of hydrogen-bond acceptors (Lipinski definition) is 6. The zero-order valence-electron chi connectivity index (χ0n) is 11.0. The first-order chi connectivity index (χ1) is 10.1. The molecule has 0 atom stereocenters. The summed E-state index contributed by atoms with van der Waals surface area (Å²) < 4.78 is 0. The lowest BCUT2D eigenvalue weighted by atomic mass is 10.2. The van der Waals surface area contributed by atoms with Crippen LogP contribution in [-0.4, -0.2) is 33.5 Å². The summed E-state index contributed by atoms with van der Waals surface area (Å²) in [4.78, 5) is 29.6. The van der Waals surface area contributed by atoms with E-state index in [1.807, 2.05) is 0 Å². The molecule has 3 N–H and O–H groups in total. The Kier molecular flexibility index (Phi) is 4.72. The van der Waals surface area contributed by atoms with Crippen LogP contribution in [0.4, 0.5) is 0 Å². The molecule has 108 valence electrons. The van der Waals surface area contributed by atoms with E-state index >= 15 is 0 Å². The third kappa shape index (κ3) is 3.93. The number of carbonyl (C=O) groups excluding carboxylic acids is 1. The van der Waals surface area contributed by atoms with E-state index < -0.39 is 11.5 Å². The smallest absolute Gasteiger partial charge is 0.290 e. The Morgan fingerprint density at radius 1 is 1.48 bits per heavy atom. The number of benzene rings is 1. The Bertz CT molecular complexity index is 742. The average molecular weight is 304 g/mol. The van der Waals surface area contributed by atoms with Crippen LogP contribution in [-0.2, 0) is 0 Å². The van der Waals surface area contributed by atoms with Gasteiger partial charge in [0.15, 0.2) is 5.16 Å². The highest BCUT2D eigenvalue weighted by Gasteiger charge is 2.09. The number of hydrogen-bond donors (Lipinski definition) is 3. The number of rotatable bonds is 4. The molecule has 0 spiro atoms. The zero-order valence-corrected chi connectivity index (χ0v) is 11.8. The topological polar surface area (TPSA) is 107 Å². The molecule has 0 aliphatic carbocycles. The molecular formula is C13H12N4O3S. The summed E-state index contributed by atoms with van der Waals surface area (Å²) in [5.74, 6) is -0.558. The second-order valence-corrected chi connectivity index (χ2v) is 4.69. The van der Waals surface area contributed by atoms with Gasteiger partial charge in [0.05, 0.1) is 6.21 Å². The van der Waals surface area contributed by atoms with Gasteiger partial charge in [0.1, 0.15) is 11.4 Å². The Labute approximate surface area is 124 Å². The minimum Gasteiger partial charge on any atom is -0.507 e. The maximum atomic E-state index is 11.8. The van der Waals surface area contributed by atoms with E-state index in [0.717, 1.165) is 6.07 Å². The van der Waals surface area contributed by atoms with Crippen LogP contribution in [0.5, 0.6) is 5.75 Å². The summed E-state index contributed by atoms with van der Waals surface area (Å²) in [6.07, 6.45) is 3.03. The fourth-order valence-corrected chi connectivity index (χ4v) is 1.85. The molecule has 1 aromatic heterocycles. The van der Waals surface area contributed by atoms with E-state index in [4.69, 9.17) is 0 Å². The van der Waals surface area contributed by atoms with Crippen molar-refractivity contribution in [3.8, 4) is 5.75 Å². The third-order valence-corrected chi connectivity index (χ3v) is 3.03. The van der Waals surface area contributed by atoms with E-state index in [9.17, 15) is 14.7 Å². The van der Waals surface area contributed by atoms with Crippen LogP contribution in [0.3, 0.4) is 0 Å². The number of hydrazone groups is 1. The average Bonchev–Trinajstić information content (AvgIpc) is 2.48. The van der Waals surface area contributed by atoms with Crippen LogP contribution in [0, 0.1) is 0 Å². The molecule has 0 saturated carbocycles. The molecule has 0 bridgehead atoms. The Morgan fingerprint density at radius 2 is 2.24 bits per heavy atom. The summed E-state index contributed by atoms with van der Waals surface area (Å²) in [5.41, 5.74) is 2.26. The van der Waals surface area contributed by atoms with Crippen molar-refractivity contribution in [2.75, 3.05) is 6.26 Å². The van der Waals surface area contributed by atoms with Gasteiger partial charge in [-0.05, 0) is 18.4 Å². The predicted octanol–water partition coefficient (Wildman–Crippen LogP) is 0.961. The number of nitrogens with zero attached hydrogens (tertiary/aromatic N) is 2. The maximum Gasteiger partial charge on any atom is 0.290 e. The molecule has 0 unspecified atom stereocenters. The van der Waals surface area contributed by atoms with Gasteiger partial charge in [0, 0.05) is 11.6 Å². The number of nitrogens with one attached hydrogen (secondary N) is 2. The molecule has 2 rings (SSSR count). The molecule has 0 radical (unpaired) electrons. The van der Waals surface area contributed by atoms with Crippen molar-refractivity contribution >= 4 is 23.9 Å². The predicted molar refractivity (Wildman–Crippen MR) is 79.8 cm³/mol. The Morgan fingerprint density at radius 3 is 2.95 bits per heavy atom. The molecule has 7 nitrogen and oxygen atoms in total. The minimum absolute atomic E-state index is 0.0301. The lowest BCUT2D eigenvalue weighted by Crippen LogP contribution is -2.22. The maximum absolute atomic E-state index is 11.8. The summed E-state index contributed by atoms with van der Waals surface area (Å²) in [6.45, 7) is 0. The Balaban J connectivity index is 2.10. The minimum atomic E-state index is -0.608. The van der Waals surface area contributed by atoms with E-state index in [0.29, 0.717) is 10.7 Å². The standard InChI is InChI=1S/C13H12N4O3S/c1-21-13-15-9(6-11(19)16-13)12(20)17-14-7-8-4-2-3-5-10(8)18/h2-7,18H,1H3,(H,17,20)(H,15,16,19)/b14-7+. The van der Waals surface area contributed by atoms with E-state index in [1.165, 1.54) is 24.0 Å². The van der Waals surface area contributed by atoms with Crippen LogP contribution < -0.4 is 11.0 Å². The van der Waals surface area contributed by atoms with Crippen LogP contribution in [0.25, 0.3) is 0 Å². The molecule has 0 aliphatic rings. The summed E-state index contributed by atoms with van der Waals surface area (Å²) >= 11 is 1.22. The van der Waals surface area contributed by atoms with Gasteiger partial charge in [-0.2, -0.15) is 5.10 Å². The van der Waals surface area contributed by atoms with Crippen molar-refractivity contribution in [2.45, 2.75) is 5.16 Å². The van der Waals surface area contributed by atoms with Gasteiger partial charge in [0.2, 0.25) is 0 Å². The summed E-state index contributed by atoms with van der Waals surface area (Å²) in [7, 11) is 0. The molecule has 1 amide bonds.